The van der Waals surface area contributed by atoms with Crippen molar-refractivity contribution < 1.29 is 9.13 Å². The van der Waals surface area contributed by atoms with E-state index in [9.17, 15) is 4.39 Å². The Kier molecular flexibility index (Phi) is 4.54. The first kappa shape index (κ1) is 14.7. The lowest BCUT2D eigenvalue weighted by molar-refractivity contribution is 0.452. The molecule has 1 aromatic heterocycles. The molecule has 0 aliphatic heterocycles. The molecule has 1 aromatic carbocycles. The summed E-state index contributed by atoms with van der Waals surface area (Å²) in [7, 11) is 1.77. The Hall–Kier alpha value is -1.69. The lowest BCUT2D eigenvalue weighted by Gasteiger charge is -2.11. The summed E-state index contributed by atoms with van der Waals surface area (Å²) in [5.41, 5.74) is 0. The second-order valence-electron chi connectivity index (χ2n) is 4.56. The van der Waals surface area contributed by atoms with Gasteiger partial charge in [0.2, 0.25) is 5.88 Å². The lowest BCUT2D eigenvalue weighted by atomic mass is 10.2. The van der Waals surface area contributed by atoms with Crippen LogP contribution in [0, 0.1) is 5.82 Å². The topological polar surface area (TPSA) is 47.0 Å². The van der Waals surface area contributed by atoms with E-state index in [4.69, 9.17) is 4.74 Å². The molecule has 1 N–H and O–H groups in total. The normalized spacial score (nSPS) is 10.7. The van der Waals surface area contributed by atoms with Gasteiger partial charge in [0.25, 0.3) is 0 Å². The zero-order valence-corrected chi connectivity index (χ0v) is 13.0. The fourth-order valence-corrected chi connectivity index (χ4v) is 2.03. The van der Waals surface area contributed by atoms with Gasteiger partial charge in [-0.1, -0.05) is 29.8 Å². The molecule has 0 saturated carbocycles. The lowest BCUT2D eigenvalue weighted by Crippen LogP contribution is -2.03. The Bertz CT molecular complexity index is 599. The van der Waals surface area contributed by atoms with Crippen molar-refractivity contribution in [1.29, 1.82) is 0 Å². The maximum atomic E-state index is 13.3. The fraction of sp³-hybridized carbons (Fsp3) is 0.286. The average Bonchev–Trinajstić information content (AvgIpc) is 2.36. The highest BCUT2D eigenvalue weighted by atomic mass is 79.9. The van der Waals surface area contributed by atoms with Crippen molar-refractivity contribution in [3.8, 4) is 11.6 Å². The monoisotopic (exact) mass is 339 g/mol. The van der Waals surface area contributed by atoms with Gasteiger partial charge in [-0.15, -0.1) is 0 Å². The molecule has 20 heavy (non-hydrogen) atoms. The molecule has 0 amide bonds. The van der Waals surface area contributed by atoms with E-state index < -0.39 is 0 Å². The molecule has 0 unspecified atom stereocenters. The Labute approximate surface area is 125 Å². The van der Waals surface area contributed by atoms with Crippen molar-refractivity contribution in [2.24, 2.45) is 0 Å². The molecule has 6 heteroatoms. The summed E-state index contributed by atoms with van der Waals surface area (Å²) in [5, 5.41) is 2.96. The smallest absolute Gasteiger partial charge is 0.224 e. The first-order valence-electron chi connectivity index (χ1n) is 6.18. The minimum atomic E-state index is -0.374. The van der Waals surface area contributed by atoms with E-state index in [0.29, 0.717) is 27.7 Å². The van der Waals surface area contributed by atoms with Crippen LogP contribution < -0.4 is 10.1 Å². The zero-order valence-electron chi connectivity index (χ0n) is 11.4. The zero-order chi connectivity index (χ0) is 14.7. The van der Waals surface area contributed by atoms with Crippen LogP contribution in [-0.2, 0) is 0 Å². The highest BCUT2D eigenvalue weighted by Gasteiger charge is 2.10. The molecule has 2 aromatic rings. The first-order valence-corrected chi connectivity index (χ1v) is 6.98. The molecule has 106 valence electrons. The fourth-order valence-electron chi connectivity index (χ4n) is 1.59. The summed E-state index contributed by atoms with van der Waals surface area (Å²) < 4.78 is 19.6. The van der Waals surface area contributed by atoms with E-state index in [1.165, 1.54) is 12.1 Å². The minimum absolute atomic E-state index is 0.171. The van der Waals surface area contributed by atoms with Crippen molar-refractivity contribution in [3.63, 3.8) is 0 Å². The maximum Gasteiger partial charge on any atom is 0.224 e. The van der Waals surface area contributed by atoms with Gasteiger partial charge in [0.05, 0.1) is 0 Å². The summed E-state index contributed by atoms with van der Waals surface area (Å²) in [4.78, 5) is 8.67. The molecule has 0 aliphatic rings. The van der Waals surface area contributed by atoms with Crippen LogP contribution in [0.3, 0.4) is 0 Å². The molecular weight excluding hydrogens is 325 g/mol. The number of nitrogens with one attached hydrogen (secondary N) is 1. The number of nitrogens with zero attached hydrogens (tertiary/aromatic N) is 2. The second kappa shape index (κ2) is 6.17. The van der Waals surface area contributed by atoms with Gasteiger partial charge in [0, 0.05) is 29.6 Å². The molecule has 4 nitrogen and oxygen atoms in total. The predicted octanol–water partition coefficient (Wildman–Crippen LogP) is 4.34. The molecule has 0 atom stereocenters. The van der Waals surface area contributed by atoms with Crippen LogP contribution >= 0.6 is 15.9 Å². The molecule has 0 saturated heterocycles. The first-order chi connectivity index (χ1) is 9.47. The number of aromatic nitrogens is 2. The third kappa shape index (κ3) is 3.66. The van der Waals surface area contributed by atoms with Gasteiger partial charge < -0.3 is 10.1 Å². The van der Waals surface area contributed by atoms with Crippen LogP contribution in [0.15, 0.2) is 28.7 Å². The van der Waals surface area contributed by atoms with Gasteiger partial charge in [-0.2, -0.15) is 4.98 Å². The van der Waals surface area contributed by atoms with Crippen molar-refractivity contribution in [3.05, 3.63) is 40.4 Å². The SMILES string of the molecule is CNc1cc(Oc2cc(F)cc(Br)c2)nc(C(C)C)n1. The van der Waals surface area contributed by atoms with E-state index in [0.717, 1.165) is 0 Å². The molecule has 0 spiro atoms. The van der Waals surface area contributed by atoms with Gasteiger partial charge in [0.1, 0.15) is 23.2 Å². The van der Waals surface area contributed by atoms with E-state index in [2.05, 4.69) is 31.2 Å². The molecule has 0 radical (unpaired) electrons. The Morgan fingerprint density at radius 1 is 1.20 bits per heavy atom. The quantitative estimate of drug-likeness (QED) is 0.900. The van der Waals surface area contributed by atoms with Gasteiger partial charge in [-0.05, 0) is 12.1 Å². The molecular formula is C14H15BrFN3O. The Morgan fingerprint density at radius 3 is 2.55 bits per heavy atom. The van der Waals surface area contributed by atoms with Crippen LogP contribution in [0.2, 0.25) is 0 Å². The number of anilines is 1. The third-order valence-corrected chi connectivity index (χ3v) is 3.01. The number of hydrogen-bond acceptors (Lipinski definition) is 4. The molecule has 0 aliphatic carbocycles. The number of hydrogen-bond donors (Lipinski definition) is 1. The van der Waals surface area contributed by atoms with E-state index >= 15 is 0 Å². The number of benzene rings is 1. The molecule has 0 fully saturated rings. The van der Waals surface area contributed by atoms with Gasteiger partial charge >= 0.3 is 0 Å². The summed E-state index contributed by atoms with van der Waals surface area (Å²) >= 11 is 3.23. The van der Waals surface area contributed by atoms with Crippen LogP contribution in [-0.4, -0.2) is 17.0 Å². The van der Waals surface area contributed by atoms with Crippen molar-refractivity contribution in [2.45, 2.75) is 19.8 Å². The van der Waals surface area contributed by atoms with Crippen LogP contribution in [0.25, 0.3) is 0 Å². The van der Waals surface area contributed by atoms with Crippen LogP contribution in [0.5, 0.6) is 11.6 Å². The van der Waals surface area contributed by atoms with Crippen molar-refractivity contribution in [1.82, 2.24) is 9.97 Å². The van der Waals surface area contributed by atoms with Gasteiger partial charge in [-0.25, -0.2) is 9.37 Å². The van der Waals surface area contributed by atoms with Crippen molar-refractivity contribution >= 4 is 21.7 Å². The largest absolute Gasteiger partial charge is 0.439 e. The van der Waals surface area contributed by atoms with E-state index in [1.807, 2.05) is 13.8 Å². The van der Waals surface area contributed by atoms with E-state index in [1.54, 1.807) is 19.2 Å². The molecule has 2 rings (SSSR count). The van der Waals surface area contributed by atoms with E-state index in [-0.39, 0.29) is 11.7 Å². The molecule has 1 heterocycles. The van der Waals surface area contributed by atoms with Gasteiger partial charge in [0.15, 0.2) is 0 Å². The number of halogens is 2. The van der Waals surface area contributed by atoms with Gasteiger partial charge in [-0.3, -0.25) is 0 Å². The highest BCUT2D eigenvalue weighted by Crippen LogP contribution is 2.27. The summed E-state index contributed by atoms with van der Waals surface area (Å²) in [6.45, 7) is 3.99. The molecule has 0 bridgehead atoms. The van der Waals surface area contributed by atoms with Crippen LogP contribution in [0.1, 0.15) is 25.6 Å². The standard InChI is InChI=1S/C14H15BrFN3O/c1-8(2)14-18-12(17-3)7-13(19-14)20-11-5-9(15)4-10(16)6-11/h4-8H,1-3H3,(H,17,18,19). The van der Waals surface area contributed by atoms with Crippen molar-refractivity contribution in [2.75, 3.05) is 12.4 Å². The summed E-state index contributed by atoms with van der Waals surface area (Å²) in [6.07, 6.45) is 0. The maximum absolute atomic E-state index is 13.3. The summed E-state index contributed by atoms with van der Waals surface area (Å²) in [6, 6.07) is 6.02. The van der Waals surface area contributed by atoms with Crippen LogP contribution in [0.4, 0.5) is 10.2 Å². The summed E-state index contributed by atoms with van der Waals surface area (Å²) in [5.74, 6) is 1.89. The Balaban J connectivity index is 2.34. The Morgan fingerprint density at radius 2 is 1.95 bits per heavy atom. The highest BCUT2D eigenvalue weighted by molar-refractivity contribution is 9.10. The second-order valence-corrected chi connectivity index (χ2v) is 5.48. The number of ether oxygens (including phenoxy) is 1. The average molecular weight is 340 g/mol. The third-order valence-electron chi connectivity index (χ3n) is 2.55. The predicted molar refractivity (Wildman–Crippen MR) is 79.8 cm³/mol. The number of rotatable bonds is 4. The minimum Gasteiger partial charge on any atom is -0.439 e.